The Bertz CT molecular complexity index is 733. The van der Waals surface area contributed by atoms with Crippen molar-refractivity contribution in [1.82, 2.24) is 0 Å². The number of amides is 1. The largest absolute Gasteiger partial charge is 0.342 e. The monoisotopic (exact) mass is 377 g/mol. The third-order valence-electron chi connectivity index (χ3n) is 5.07. The first-order valence-corrected chi connectivity index (χ1v) is 9.44. The lowest BCUT2D eigenvalue weighted by Gasteiger charge is -2.36. The molecule has 1 aromatic rings. The Morgan fingerprint density at radius 2 is 1.59 bits per heavy atom. The predicted molar refractivity (Wildman–Crippen MR) is 97.0 cm³/mol. The molecule has 3 fully saturated rings. The van der Waals surface area contributed by atoms with Crippen molar-refractivity contribution in [2.75, 3.05) is 5.32 Å². The SMILES string of the molecule is CCc1ccccc1NC(=O)[C@@H]1O[C@@H]2OC(C)(C)O[C@@H]2[C@@H]2OC(C)(C)O[C@H]21. The molecule has 7 nitrogen and oxygen atoms in total. The minimum atomic E-state index is -0.861. The van der Waals surface area contributed by atoms with Gasteiger partial charge in [0.15, 0.2) is 24.0 Å². The highest BCUT2D eigenvalue weighted by Crippen LogP contribution is 2.44. The van der Waals surface area contributed by atoms with Gasteiger partial charge in [0.1, 0.15) is 18.3 Å². The highest BCUT2D eigenvalue weighted by Gasteiger charge is 2.62. The molecule has 0 spiro atoms. The molecule has 0 aliphatic carbocycles. The molecule has 4 rings (SSSR count). The molecule has 7 heteroatoms. The van der Waals surface area contributed by atoms with E-state index in [1.165, 1.54) is 0 Å². The quantitative estimate of drug-likeness (QED) is 0.873. The van der Waals surface area contributed by atoms with E-state index in [4.69, 9.17) is 23.7 Å². The average Bonchev–Trinajstić information content (AvgIpc) is 3.08. The van der Waals surface area contributed by atoms with E-state index >= 15 is 0 Å². The highest BCUT2D eigenvalue weighted by atomic mass is 16.9. The number of anilines is 1. The minimum absolute atomic E-state index is 0.279. The lowest BCUT2D eigenvalue weighted by Crippen LogP contribution is -2.58. The zero-order valence-corrected chi connectivity index (χ0v) is 16.4. The molecule has 0 bridgehead atoms. The van der Waals surface area contributed by atoms with Crippen molar-refractivity contribution < 1.29 is 28.5 Å². The van der Waals surface area contributed by atoms with Crippen molar-refractivity contribution >= 4 is 11.6 Å². The van der Waals surface area contributed by atoms with Gasteiger partial charge in [-0.25, -0.2) is 0 Å². The number of ether oxygens (including phenoxy) is 5. The maximum absolute atomic E-state index is 13.1. The van der Waals surface area contributed by atoms with Crippen LogP contribution in [0.4, 0.5) is 5.69 Å². The summed E-state index contributed by atoms with van der Waals surface area (Å²) in [6.07, 6.45) is -2.20. The van der Waals surface area contributed by atoms with Gasteiger partial charge in [0.05, 0.1) is 0 Å². The topological polar surface area (TPSA) is 75.3 Å². The standard InChI is InChI=1S/C20H27NO6/c1-6-11-9-7-8-10-12(11)21-17(22)15-13-14(25-19(2,3)24-13)16-18(23-15)27-20(4,5)26-16/h7-10,13-16,18H,6H2,1-5H3,(H,21,22)/t13-,14-,15-,16-,18-/m1/s1. The molecule has 3 heterocycles. The summed E-state index contributed by atoms with van der Waals surface area (Å²) in [4.78, 5) is 13.1. The number of aryl methyl sites for hydroxylation is 1. The Morgan fingerprint density at radius 3 is 2.33 bits per heavy atom. The van der Waals surface area contributed by atoms with Gasteiger partial charge in [0.25, 0.3) is 5.91 Å². The van der Waals surface area contributed by atoms with Crippen LogP contribution in [0.3, 0.4) is 0 Å². The smallest absolute Gasteiger partial charge is 0.256 e. The van der Waals surface area contributed by atoms with E-state index in [0.29, 0.717) is 0 Å². The molecule has 148 valence electrons. The fraction of sp³-hybridized carbons (Fsp3) is 0.650. The van der Waals surface area contributed by atoms with E-state index in [9.17, 15) is 4.79 Å². The normalized spacial score (nSPS) is 36.1. The number of nitrogens with one attached hydrogen (secondary N) is 1. The summed E-state index contributed by atoms with van der Waals surface area (Å²) >= 11 is 0. The van der Waals surface area contributed by atoms with Crippen LogP contribution >= 0.6 is 0 Å². The third-order valence-corrected chi connectivity index (χ3v) is 5.07. The molecule has 27 heavy (non-hydrogen) atoms. The number of fused-ring (bicyclic) bond motifs is 3. The van der Waals surface area contributed by atoms with Crippen molar-refractivity contribution in [3.63, 3.8) is 0 Å². The third kappa shape index (κ3) is 3.50. The van der Waals surface area contributed by atoms with Crippen molar-refractivity contribution in [2.24, 2.45) is 0 Å². The van der Waals surface area contributed by atoms with Crippen LogP contribution in [-0.4, -0.2) is 48.2 Å². The number of benzene rings is 1. The van der Waals surface area contributed by atoms with Gasteiger partial charge in [0.2, 0.25) is 0 Å². The molecule has 1 amide bonds. The summed E-state index contributed by atoms with van der Waals surface area (Å²) < 4.78 is 29.9. The Hall–Kier alpha value is -1.51. The van der Waals surface area contributed by atoms with Gasteiger partial charge >= 0.3 is 0 Å². The van der Waals surface area contributed by atoms with E-state index < -0.39 is 42.3 Å². The molecule has 0 aromatic heterocycles. The average molecular weight is 377 g/mol. The van der Waals surface area contributed by atoms with Crippen LogP contribution in [0, 0.1) is 0 Å². The zero-order valence-electron chi connectivity index (χ0n) is 16.4. The first-order chi connectivity index (χ1) is 12.7. The molecular formula is C20H27NO6. The minimum Gasteiger partial charge on any atom is -0.342 e. The van der Waals surface area contributed by atoms with Crippen molar-refractivity contribution in [1.29, 1.82) is 0 Å². The number of carbonyl (C=O) groups is 1. The van der Waals surface area contributed by atoms with E-state index in [1.54, 1.807) is 0 Å². The van der Waals surface area contributed by atoms with Gasteiger partial charge < -0.3 is 29.0 Å². The molecule has 1 aromatic carbocycles. The fourth-order valence-corrected chi connectivity index (χ4v) is 3.98. The number of para-hydroxylation sites is 1. The van der Waals surface area contributed by atoms with Gasteiger partial charge in [0, 0.05) is 5.69 Å². The van der Waals surface area contributed by atoms with Crippen molar-refractivity contribution in [3.05, 3.63) is 29.8 Å². The molecule has 0 saturated carbocycles. The van der Waals surface area contributed by atoms with Gasteiger partial charge in [-0.3, -0.25) is 4.79 Å². The first kappa shape index (κ1) is 18.8. The predicted octanol–water partition coefficient (Wildman–Crippen LogP) is 2.58. The molecule has 5 atom stereocenters. The van der Waals surface area contributed by atoms with Gasteiger partial charge in [-0.15, -0.1) is 0 Å². The molecule has 1 N–H and O–H groups in total. The summed E-state index contributed by atoms with van der Waals surface area (Å²) in [6.45, 7) is 9.32. The van der Waals surface area contributed by atoms with Crippen LogP contribution in [0.15, 0.2) is 24.3 Å². The van der Waals surface area contributed by atoms with Crippen LogP contribution in [0.2, 0.25) is 0 Å². The van der Waals surface area contributed by atoms with Gasteiger partial charge in [-0.05, 0) is 45.7 Å². The summed E-state index contributed by atoms with van der Waals surface area (Å²) in [6, 6.07) is 7.72. The molecule has 3 saturated heterocycles. The summed E-state index contributed by atoms with van der Waals surface area (Å²) in [5.41, 5.74) is 1.83. The Labute approximate surface area is 159 Å². The van der Waals surface area contributed by atoms with Crippen molar-refractivity contribution in [2.45, 2.75) is 83.3 Å². The second kappa shape index (κ2) is 6.53. The summed E-state index contributed by atoms with van der Waals surface area (Å²) in [5, 5.41) is 2.98. The van der Waals surface area contributed by atoms with E-state index in [-0.39, 0.29) is 5.91 Å². The van der Waals surface area contributed by atoms with E-state index in [2.05, 4.69) is 5.32 Å². The van der Waals surface area contributed by atoms with Gasteiger partial charge in [-0.1, -0.05) is 25.1 Å². The number of hydrogen-bond acceptors (Lipinski definition) is 6. The van der Waals surface area contributed by atoms with Crippen LogP contribution in [0.25, 0.3) is 0 Å². The maximum Gasteiger partial charge on any atom is 0.256 e. The number of carbonyl (C=O) groups excluding carboxylic acids is 1. The van der Waals surface area contributed by atoms with Gasteiger partial charge in [-0.2, -0.15) is 0 Å². The lowest BCUT2D eigenvalue weighted by molar-refractivity contribution is -0.229. The Morgan fingerprint density at radius 1 is 0.963 bits per heavy atom. The lowest BCUT2D eigenvalue weighted by atomic mass is 9.98. The van der Waals surface area contributed by atoms with Crippen LogP contribution < -0.4 is 5.32 Å². The maximum atomic E-state index is 13.1. The second-order valence-corrected chi connectivity index (χ2v) is 8.09. The summed E-state index contributed by atoms with van der Waals surface area (Å²) in [5.74, 6) is -1.92. The van der Waals surface area contributed by atoms with E-state index in [1.807, 2.05) is 58.9 Å². The fourth-order valence-electron chi connectivity index (χ4n) is 3.98. The van der Waals surface area contributed by atoms with E-state index in [0.717, 1.165) is 17.7 Å². The van der Waals surface area contributed by atoms with Crippen LogP contribution in [0.1, 0.15) is 40.2 Å². The Balaban J connectivity index is 1.59. The molecular weight excluding hydrogens is 350 g/mol. The Kier molecular flexibility index (Phi) is 4.56. The molecule has 0 unspecified atom stereocenters. The first-order valence-electron chi connectivity index (χ1n) is 9.44. The second-order valence-electron chi connectivity index (χ2n) is 8.09. The number of rotatable bonds is 3. The molecule has 0 radical (unpaired) electrons. The molecule has 3 aliphatic rings. The number of hydrogen-bond donors (Lipinski definition) is 1. The van der Waals surface area contributed by atoms with Crippen LogP contribution in [0.5, 0.6) is 0 Å². The molecule has 3 aliphatic heterocycles. The zero-order chi connectivity index (χ0) is 19.4. The highest BCUT2D eigenvalue weighted by molar-refractivity contribution is 5.95. The van der Waals surface area contributed by atoms with Crippen molar-refractivity contribution in [3.8, 4) is 0 Å². The van der Waals surface area contributed by atoms with Crippen LogP contribution in [-0.2, 0) is 34.9 Å². The summed E-state index contributed by atoms with van der Waals surface area (Å²) in [7, 11) is 0.